The maximum Gasteiger partial charge on any atom is 0.305 e. The summed E-state index contributed by atoms with van der Waals surface area (Å²) < 4.78 is 29.6. The fourth-order valence-corrected chi connectivity index (χ4v) is 6.46. The number of allylic oxidation sites excluding steroid dienone is 2. The molecule has 1 saturated carbocycles. The van der Waals surface area contributed by atoms with Crippen LogP contribution in [0.15, 0.2) is 23.8 Å². The number of carbonyl (C=O) groups is 1. The molecule has 1 aliphatic carbocycles. The first-order chi connectivity index (χ1) is 19.0. The minimum Gasteiger partial charge on any atom is -0.469 e. The van der Waals surface area contributed by atoms with Crippen LogP contribution in [0.3, 0.4) is 0 Å². The van der Waals surface area contributed by atoms with E-state index in [9.17, 15) is 4.79 Å². The normalized spacial score (nSPS) is 30.4. The van der Waals surface area contributed by atoms with Crippen molar-refractivity contribution in [1.82, 2.24) is 0 Å². The average Bonchev–Trinajstić information content (AvgIpc) is 3.23. The molecule has 0 amide bonds. The Bertz CT molecular complexity index is 739. The summed E-state index contributed by atoms with van der Waals surface area (Å²) in [7, 11) is 1.45. The molecular weight excluding hydrogens is 516 g/mol. The summed E-state index contributed by atoms with van der Waals surface area (Å²) in [6.45, 7) is 5.85. The highest BCUT2D eigenvalue weighted by atomic mass is 35.5. The lowest BCUT2D eigenvalue weighted by molar-refractivity contribution is -0.192. The van der Waals surface area contributed by atoms with Gasteiger partial charge in [-0.2, -0.15) is 0 Å². The monoisotopic (exact) mass is 568 g/mol. The van der Waals surface area contributed by atoms with Gasteiger partial charge in [-0.25, -0.2) is 0 Å². The van der Waals surface area contributed by atoms with Crippen LogP contribution in [-0.2, 0) is 28.5 Å². The number of hydrogen-bond donors (Lipinski definition) is 0. The molecule has 2 saturated heterocycles. The van der Waals surface area contributed by atoms with E-state index in [-0.39, 0.29) is 42.1 Å². The summed E-state index contributed by atoms with van der Waals surface area (Å²) in [4.78, 5) is 11.4. The van der Waals surface area contributed by atoms with E-state index in [0.717, 1.165) is 103 Å². The number of ether oxygens (including phenoxy) is 5. The Morgan fingerprint density at radius 3 is 2.38 bits per heavy atom. The molecule has 2 heterocycles. The quantitative estimate of drug-likeness (QED) is 0.0817. The predicted octanol–water partition coefficient (Wildman–Crippen LogP) is 7.87. The van der Waals surface area contributed by atoms with Crippen molar-refractivity contribution in [3.63, 3.8) is 0 Å². The van der Waals surface area contributed by atoms with Gasteiger partial charge < -0.3 is 23.7 Å². The lowest BCUT2D eigenvalue weighted by atomic mass is 9.88. The van der Waals surface area contributed by atoms with Crippen LogP contribution in [0, 0.1) is 11.8 Å². The Hall–Kier alpha value is -0.920. The molecule has 3 rings (SSSR count). The van der Waals surface area contributed by atoms with Crippen LogP contribution in [0.4, 0.5) is 0 Å². The fraction of sp³-hybridized carbons (Fsp3) is 0.844. The van der Waals surface area contributed by atoms with Crippen molar-refractivity contribution in [3.05, 3.63) is 23.8 Å². The van der Waals surface area contributed by atoms with E-state index >= 15 is 0 Å². The summed E-state index contributed by atoms with van der Waals surface area (Å²) in [5.41, 5.74) is 1.33. The second kappa shape index (κ2) is 18.5. The molecule has 7 heteroatoms. The van der Waals surface area contributed by atoms with Gasteiger partial charge in [0.25, 0.3) is 0 Å². The molecule has 0 N–H and O–H groups in total. The van der Waals surface area contributed by atoms with E-state index in [0.29, 0.717) is 12.3 Å². The third-order valence-electron chi connectivity index (χ3n) is 8.22. The Morgan fingerprint density at radius 1 is 1.00 bits per heavy atom. The van der Waals surface area contributed by atoms with Crippen LogP contribution in [0.5, 0.6) is 0 Å². The number of hydrogen-bond acceptors (Lipinski definition) is 6. The molecule has 6 nitrogen and oxygen atoms in total. The van der Waals surface area contributed by atoms with Crippen LogP contribution < -0.4 is 0 Å². The number of rotatable bonds is 16. The molecule has 0 spiro atoms. The zero-order valence-corrected chi connectivity index (χ0v) is 25.4. The van der Waals surface area contributed by atoms with Crippen LogP contribution in [0.25, 0.3) is 0 Å². The van der Waals surface area contributed by atoms with Crippen LogP contribution in [-0.4, -0.2) is 56.5 Å². The van der Waals surface area contributed by atoms with E-state index in [4.69, 9.17) is 35.3 Å². The first-order valence-electron chi connectivity index (χ1n) is 15.5. The lowest BCUT2D eigenvalue weighted by Crippen LogP contribution is -2.31. The zero-order valence-electron chi connectivity index (χ0n) is 24.6. The van der Waals surface area contributed by atoms with Crippen molar-refractivity contribution in [2.75, 3.05) is 20.3 Å². The second-order valence-electron chi connectivity index (χ2n) is 11.7. The third-order valence-corrected chi connectivity index (χ3v) is 8.72. The largest absolute Gasteiger partial charge is 0.469 e. The van der Waals surface area contributed by atoms with Crippen LogP contribution in [0.2, 0.25) is 0 Å². The molecule has 0 aromatic heterocycles. The van der Waals surface area contributed by atoms with Gasteiger partial charge in [-0.05, 0) is 90.4 Å². The second-order valence-corrected chi connectivity index (χ2v) is 12.3. The van der Waals surface area contributed by atoms with Crippen molar-refractivity contribution < 1.29 is 28.5 Å². The van der Waals surface area contributed by atoms with Gasteiger partial charge in [0.2, 0.25) is 0 Å². The molecule has 0 aromatic rings. The maximum atomic E-state index is 11.4. The van der Waals surface area contributed by atoms with Crippen molar-refractivity contribution in [3.8, 4) is 0 Å². The Labute approximate surface area is 242 Å². The zero-order chi connectivity index (χ0) is 27.9. The molecule has 224 valence electrons. The number of unbranched alkanes of at least 4 members (excludes halogenated alkanes) is 3. The predicted molar refractivity (Wildman–Crippen MR) is 156 cm³/mol. The molecule has 3 fully saturated rings. The highest BCUT2D eigenvalue weighted by molar-refractivity contribution is 6.21. The average molecular weight is 569 g/mol. The summed E-state index contributed by atoms with van der Waals surface area (Å²) in [5.74, 6) is 0.457. The molecule has 39 heavy (non-hydrogen) atoms. The molecule has 3 aliphatic rings. The van der Waals surface area contributed by atoms with Crippen molar-refractivity contribution in [2.24, 2.45) is 11.8 Å². The maximum absolute atomic E-state index is 11.4. The summed E-state index contributed by atoms with van der Waals surface area (Å²) in [6.07, 6.45) is 21.6. The van der Waals surface area contributed by atoms with E-state index in [1.54, 1.807) is 0 Å². The van der Waals surface area contributed by atoms with Gasteiger partial charge in [-0.15, -0.1) is 11.6 Å². The first-order valence-corrected chi connectivity index (χ1v) is 16.0. The smallest absolute Gasteiger partial charge is 0.305 e. The molecule has 2 unspecified atom stereocenters. The van der Waals surface area contributed by atoms with Crippen molar-refractivity contribution in [1.29, 1.82) is 0 Å². The molecule has 2 aliphatic heterocycles. The van der Waals surface area contributed by atoms with Crippen molar-refractivity contribution in [2.45, 2.75) is 140 Å². The minimum atomic E-state index is -0.124. The lowest BCUT2D eigenvalue weighted by Gasteiger charge is -2.30. The Kier molecular flexibility index (Phi) is 15.5. The van der Waals surface area contributed by atoms with Crippen LogP contribution in [0.1, 0.15) is 110 Å². The number of methoxy groups -OCH3 is 1. The standard InChI is InChI=1S/C32H53ClO6/c1-24(2)13-12-14-25(38-31-17-8-10-21-36-31)19-20-27-26(15-6-4-5-7-16-30(34)35-3)28(33)23-29(27)39-32-18-9-11-22-37-32/h13,19-20,25-29,31-32H,4-12,14-18,21-23H2,1-3H3/b20-19+/t25-,26+,27+,28+,29+,31?,32?/m0/s1. The van der Waals surface area contributed by atoms with Gasteiger partial charge >= 0.3 is 5.97 Å². The summed E-state index contributed by atoms with van der Waals surface area (Å²) in [5, 5.41) is 0.0787. The minimum absolute atomic E-state index is 0.00336. The van der Waals surface area contributed by atoms with E-state index < -0.39 is 0 Å². The van der Waals surface area contributed by atoms with Gasteiger partial charge in [0.15, 0.2) is 12.6 Å². The number of carbonyl (C=O) groups excluding carboxylic acids is 1. The first kappa shape index (κ1) is 32.6. The van der Waals surface area contributed by atoms with E-state index in [1.807, 2.05) is 0 Å². The highest BCUT2D eigenvalue weighted by Gasteiger charge is 2.42. The summed E-state index contributed by atoms with van der Waals surface area (Å²) >= 11 is 7.00. The highest BCUT2D eigenvalue weighted by Crippen LogP contribution is 2.43. The van der Waals surface area contributed by atoms with Gasteiger partial charge in [0.05, 0.1) is 19.3 Å². The van der Waals surface area contributed by atoms with Gasteiger partial charge in [-0.1, -0.05) is 43.1 Å². The Balaban J connectivity index is 1.64. The third kappa shape index (κ3) is 12.2. The van der Waals surface area contributed by atoms with Gasteiger partial charge in [0.1, 0.15) is 0 Å². The fourth-order valence-electron chi connectivity index (χ4n) is 5.99. The molecular formula is C32H53ClO6. The van der Waals surface area contributed by atoms with Crippen molar-refractivity contribution >= 4 is 17.6 Å². The molecule has 7 atom stereocenters. The topological polar surface area (TPSA) is 63.2 Å². The number of alkyl halides is 1. The van der Waals surface area contributed by atoms with E-state index in [2.05, 4.69) is 32.1 Å². The summed E-state index contributed by atoms with van der Waals surface area (Å²) in [6, 6.07) is 0. The van der Waals surface area contributed by atoms with E-state index in [1.165, 1.54) is 12.7 Å². The Morgan fingerprint density at radius 2 is 1.72 bits per heavy atom. The molecule has 0 bridgehead atoms. The molecule has 0 radical (unpaired) electrons. The van der Waals surface area contributed by atoms with Gasteiger partial charge in [-0.3, -0.25) is 4.79 Å². The number of esters is 1. The SMILES string of the molecule is COC(=O)CCCCCC[C@@H]1[C@@H](/C=C/[C@H](CCC=C(C)C)OC2CCCCO2)[C@H](OC2CCCCO2)C[C@H]1Cl. The van der Waals surface area contributed by atoms with Gasteiger partial charge in [0, 0.05) is 30.9 Å². The molecule has 0 aromatic carbocycles. The van der Waals surface area contributed by atoms with Crippen LogP contribution >= 0.6 is 11.6 Å². The number of halogens is 1.